The Morgan fingerprint density at radius 3 is 1.93 bits per heavy atom. The molecule has 1 amide bonds. The van der Waals surface area contributed by atoms with E-state index in [1.807, 2.05) is 0 Å². The van der Waals surface area contributed by atoms with Gasteiger partial charge >= 0.3 is 23.9 Å². The van der Waals surface area contributed by atoms with Crippen molar-refractivity contribution in [3.05, 3.63) is 0 Å². The largest absolute Gasteiger partial charge is 0.466 e. The van der Waals surface area contributed by atoms with Gasteiger partial charge in [-0.3, -0.25) is 19.2 Å². The Morgan fingerprint density at radius 1 is 0.893 bits per heavy atom. The fourth-order valence-electron chi connectivity index (χ4n) is 2.38. The second-order valence-electron chi connectivity index (χ2n) is 5.80. The van der Waals surface area contributed by atoms with Crippen molar-refractivity contribution in [1.29, 1.82) is 0 Å². The van der Waals surface area contributed by atoms with Crippen molar-refractivity contribution in [2.45, 2.75) is 59.0 Å². The van der Waals surface area contributed by atoms with E-state index in [1.54, 1.807) is 0 Å². The van der Waals surface area contributed by atoms with Gasteiger partial charge in [-0.25, -0.2) is 4.79 Å². The van der Waals surface area contributed by atoms with Crippen LogP contribution < -0.4 is 5.32 Å². The van der Waals surface area contributed by atoms with Crippen molar-refractivity contribution < 1.29 is 47.8 Å². The van der Waals surface area contributed by atoms with Crippen LogP contribution in [0.1, 0.15) is 34.6 Å². The number of carbonyl (C=O) groups is 5. The topological polar surface area (TPSA) is 156 Å². The number of amides is 1. The van der Waals surface area contributed by atoms with E-state index >= 15 is 0 Å². The van der Waals surface area contributed by atoms with Gasteiger partial charge in [0.25, 0.3) is 5.90 Å². The van der Waals surface area contributed by atoms with E-state index in [0.29, 0.717) is 0 Å². The molecule has 28 heavy (non-hydrogen) atoms. The van der Waals surface area contributed by atoms with Gasteiger partial charge in [0.1, 0.15) is 12.6 Å². The predicted molar refractivity (Wildman–Crippen MR) is 89.4 cm³/mol. The quantitative estimate of drug-likeness (QED) is 0.258. The smallest absolute Gasteiger partial charge is 0.332 e. The van der Waals surface area contributed by atoms with Crippen LogP contribution >= 0.6 is 0 Å². The van der Waals surface area contributed by atoms with Crippen molar-refractivity contribution in [3.63, 3.8) is 0 Å². The molecular formula is C16H22N2O10. The van der Waals surface area contributed by atoms with Crippen LogP contribution in [0.4, 0.5) is 0 Å². The zero-order chi connectivity index (χ0) is 21.4. The Labute approximate surface area is 160 Å². The minimum atomic E-state index is -1.30. The third-order valence-electron chi connectivity index (χ3n) is 3.23. The van der Waals surface area contributed by atoms with Crippen LogP contribution in [0.2, 0.25) is 0 Å². The fourth-order valence-corrected chi connectivity index (χ4v) is 2.38. The first kappa shape index (κ1) is 22.9. The van der Waals surface area contributed by atoms with Gasteiger partial charge in [-0.1, -0.05) is 0 Å². The third-order valence-corrected chi connectivity index (χ3v) is 3.23. The van der Waals surface area contributed by atoms with Crippen LogP contribution in [0.3, 0.4) is 0 Å². The van der Waals surface area contributed by atoms with Crippen LogP contribution in [0.25, 0.3) is 0 Å². The maximum absolute atomic E-state index is 11.6. The van der Waals surface area contributed by atoms with Gasteiger partial charge in [-0.15, -0.1) is 0 Å². The van der Waals surface area contributed by atoms with Gasteiger partial charge in [-0.2, -0.15) is 0 Å². The molecule has 1 aliphatic heterocycles. The summed E-state index contributed by atoms with van der Waals surface area (Å²) in [6.45, 7) is 5.25. The number of nitrogens with zero attached hydrogens (tertiary/aromatic N) is 1. The van der Waals surface area contributed by atoms with E-state index in [4.69, 9.17) is 18.9 Å². The van der Waals surface area contributed by atoms with Crippen molar-refractivity contribution >= 4 is 35.7 Å². The highest BCUT2D eigenvalue weighted by molar-refractivity contribution is 5.89. The predicted octanol–water partition coefficient (Wildman–Crippen LogP) is -0.807. The summed E-state index contributed by atoms with van der Waals surface area (Å²) in [7, 11) is 0. The fraction of sp³-hybridized carbons (Fsp3) is 0.625. The van der Waals surface area contributed by atoms with Gasteiger partial charge in [0.2, 0.25) is 5.91 Å². The molecule has 4 atom stereocenters. The highest BCUT2D eigenvalue weighted by Crippen LogP contribution is 2.25. The molecule has 0 aromatic rings. The van der Waals surface area contributed by atoms with Crippen LogP contribution in [0.5, 0.6) is 0 Å². The maximum atomic E-state index is 11.6. The lowest BCUT2D eigenvalue weighted by Crippen LogP contribution is -2.64. The van der Waals surface area contributed by atoms with Gasteiger partial charge in [0.05, 0.1) is 0 Å². The van der Waals surface area contributed by atoms with Crippen LogP contribution in [-0.2, 0) is 47.8 Å². The lowest BCUT2D eigenvalue weighted by molar-refractivity contribution is -0.186. The average molecular weight is 402 g/mol. The number of nitrogens with one attached hydrogen (secondary N) is 1. The molecule has 12 nitrogen and oxygen atoms in total. The van der Waals surface area contributed by atoms with Crippen molar-refractivity contribution in [2.75, 3.05) is 6.61 Å². The van der Waals surface area contributed by atoms with Crippen LogP contribution in [0, 0.1) is 0 Å². The number of carbonyl (C=O) groups excluding carboxylic acids is 5. The summed E-state index contributed by atoms with van der Waals surface area (Å²) in [5.74, 6) is -3.80. The highest BCUT2D eigenvalue weighted by Gasteiger charge is 2.50. The Kier molecular flexibility index (Phi) is 8.35. The molecule has 0 saturated carbocycles. The second kappa shape index (κ2) is 10.2. The van der Waals surface area contributed by atoms with Crippen molar-refractivity contribution in [2.24, 2.45) is 5.16 Å². The normalized spacial score (nSPS) is 25.1. The van der Waals surface area contributed by atoms with Crippen molar-refractivity contribution in [1.82, 2.24) is 5.32 Å². The first-order chi connectivity index (χ1) is 13.0. The van der Waals surface area contributed by atoms with Crippen molar-refractivity contribution in [3.8, 4) is 0 Å². The summed E-state index contributed by atoms with van der Waals surface area (Å²) in [5.41, 5.74) is 0. The molecule has 1 saturated heterocycles. The Balaban J connectivity index is 3.37. The number of esters is 3. The standard InChI is InChI=1S/C16H22N2O10/c1-7(19)17-13-15(26-10(4)22)14(25-9(3)21)12(6-24-8(2)20)27-16(13)18-28-11(5)23/h12-15H,6H2,1-5H3,(H,17,19)/t12?,13-,14+,15+/m0/s1. The Hall–Kier alpha value is -3.18. The van der Waals surface area contributed by atoms with Gasteiger partial charge in [0.15, 0.2) is 18.3 Å². The molecule has 12 heteroatoms. The first-order valence-electron chi connectivity index (χ1n) is 8.18. The zero-order valence-corrected chi connectivity index (χ0v) is 16.0. The average Bonchev–Trinajstić information content (AvgIpc) is 2.54. The second-order valence-corrected chi connectivity index (χ2v) is 5.80. The summed E-state index contributed by atoms with van der Waals surface area (Å²) in [4.78, 5) is 61.5. The Morgan fingerprint density at radius 2 is 1.46 bits per heavy atom. The molecule has 0 bridgehead atoms. The number of rotatable bonds is 6. The minimum Gasteiger partial charge on any atom is -0.466 e. The summed E-state index contributed by atoms with van der Waals surface area (Å²) in [6.07, 6.45) is -3.71. The van der Waals surface area contributed by atoms with Gasteiger partial charge < -0.3 is 29.1 Å². The SMILES string of the molecule is CC(=O)N[C@@H]1C(=NOC(C)=O)OC(COC(C)=O)[C@@H](OC(C)=O)[C@@H]1OC(C)=O. The van der Waals surface area contributed by atoms with E-state index in [1.165, 1.54) is 6.92 Å². The number of hydrogen-bond donors (Lipinski definition) is 1. The highest BCUT2D eigenvalue weighted by atomic mass is 16.7. The monoisotopic (exact) mass is 402 g/mol. The number of oxime groups is 1. The molecule has 1 N–H and O–H groups in total. The lowest BCUT2D eigenvalue weighted by atomic mass is 9.96. The molecule has 0 radical (unpaired) electrons. The van der Waals surface area contributed by atoms with Gasteiger partial charge in [0, 0.05) is 34.6 Å². The molecule has 0 aliphatic carbocycles. The summed E-state index contributed by atoms with van der Waals surface area (Å²) in [6, 6.07) is -1.24. The lowest BCUT2D eigenvalue weighted by Gasteiger charge is -2.41. The molecule has 0 aromatic carbocycles. The molecular weight excluding hydrogens is 380 g/mol. The number of ether oxygens (including phenoxy) is 4. The molecule has 1 unspecified atom stereocenters. The number of hydrogen-bond acceptors (Lipinski definition) is 11. The van der Waals surface area contributed by atoms with E-state index in [0.717, 1.165) is 27.7 Å². The Bertz CT molecular complexity index is 674. The van der Waals surface area contributed by atoms with E-state index in [2.05, 4.69) is 15.3 Å². The zero-order valence-electron chi connectivity index (χ0n) is 16.0. The van der Waals surface area contributed by atoms with Gasteiger partial charge in [-0.05, 0) is 5.16 Å². The maximum Gasteiger partial charge on any atom is 0.332 e. The molecule has 1 heterocycles. The summed E-state index contributed by atoms with van der Waals surface area (Å²) in [5, 5.41) is 5.96. The van der Waals surface area contributed by atoms with E-state index in [-0.39, 0.29) is 5.90 Å². The van der Waals surface area contributed by atoms with E-state index in [9.17, 15) is 24.0 Å². The summed E-state index contributed by atoms with van der Waals surface area (Å²) < 4.78 is 20.8. The molecule has 1 rings (SSSR count). The van der Waals surface area contributed by atoms with Crippen LogP contribution in [0.15, 0.2) is 5.16 Å². The van der Waals surface area contributed by atoms with Crippen LogP contribution in [-0.4, -0.2) is 66.6 Å². The molecule has 1 fully saturated rings. The first-order valence-corrected chi connectivity index (χ1v) is 8.18. The van der Waals surface area contributed by atoms with E-state index < -0.39 is 60.7 Å². The summed E-state index contributed by atoms with van der Waals surface area (Å²) >= 11 is 0. The molecule has 0 spiro atoms. The third kappa shape index (κ3) is 7.21. The molecule has 156 valence electrons. The minimum absolute atomic E-state index is 0.336. The molecule has 0 aromatic heterocycles. The molecule has 1 aliphatic rings.